The van der Waals surface area contributed by atoms with Crippen molar-refractivity contribution in [3.63, 3.8) is 0 Å². The Balaban J connectivity index is 2.22. The van der Waals surface area contributed by atoms with E-state index in [0.717, 1.165) is 12.8 Å². The first-order valence-corrected chi connectivity index (χ1v) is 11.0. The van der Waals surface area contributed by atoms with Crippen molar-refractivity contribution in [2.45, 2.75) is 109 Å². The first-order valence-electron chi connectivity index (χ1n) is 11.0. The summed E-state index contributed by atoms with van der Waals surface area (Å²) in [6, 6.07) is 11.0. The first kappa shape index (κ1) is 22.7. The highest BCUT2D eigenvalue weighted by Gasteiger charge is 2.11. The minimum Gasteiger partial charge on any atom is -0.481 e. The molecule has 0 bridgehead atoms. The second kappa shape index (κ2) is 15.9. The van der Waals surface area contributed by atoms with Crippen molar-refractivity contribution in [3.05, 3.63) is 35.9 Å². The van der Waals surface area contributed by atoms with Crippen LogP contribution in [0, 0.1) is 0 Å². The van der Waals surface area contributed by atoms with Crippen LogP contribution >= 0.6 is 0 Å². The third-order valence-electron chi connectivity index (χ3n) is 5.37. The Hall–Kier alpha value is -1.31. The SMILES string of the molecule is CCCCCCCCCC(CCCCCCCC(=O)O)c1ccccc1. The van der Waals surface area contributed by atoms with Gasteiger partial charge in [-0.05, 0) is 30.7 Å². The number of rotatable bonds is 17. The van der Waals surface area contributed by atoms with Gasteiger partial charge in [0.15, 0.2) is 0 Å². The molecule has 1 rings (SSSR count). The molecule has 1 aromatic rings. The Morgan fingerprint density at radius 1 is 0.769 bits per heavy atom. The molecule has 148 valence electrons. The fourth-order valence-electron chi connectivity index (χ4n) is 3.75. The molecule has 0 amide bonds. The number of carbonyl (C=O) groups is 1. The Labute approximate surface area is 161 Å². The summed E-state index contributed by atoms with van der Waals surface area (Å²) in [6.45, 7) is 2.27. The van der Waals surface area contributed by atoms with E-state index in [9.17, 15) is 4.79 Å². The van der Waals surface area contributed by atoms with Crippen LogP contribution in [0.25, 0.3) is 0 Å². The molecule has 0 spiro atoms. The van der Waals surface area contributed by atoms with E-state index in [1.165, 1.54) is 82.6 Å². The lowest BCUT2D eigenvalue weighted by molar-refractivity contribution is -0.137. The number of benzene rings is 1. The Bertz CT molecular complexity index is 441. The lowest BCUT2D eigenvalue weighted by Crippen LogP contribution is -2.00. The van der Waals surface area contributed by atoms with Gasteiger partial charge in [0.05, 0.1) is 0 Å². The number of unbranched alkanes of at least 4 members (excludes halogenated alkanes) is 10. The van der Waals surface area contributed by atoms with E-state index in [4.69, 9.17) is 5.11 Å². The van der Waals surface area contributed by atoms with Crippen molar-refractivity contribution in [1.82, 2.24) is 0 Å². The van der Waals surface area contributed by atoms with E-state index >= 15 is 0 Å². The maximum Gasteiger partial charge on any atom is 0.303 e. The third-order valence-corrected chi connectivity index (χ3v) is 5.37. The molecule has 1 atom stereocenters. The summed E-state index contributed by atoms with van der Waals surface area (Å²) in [7, 11) is 0. The summed E-state index contributed by atoms with van der Waals surface area (Å²) in [4.78, 5) is 10.5. The van der Waals surface area contributed by atoms with E-state index in [2.05, 4.69) is 37.3 Å². The fourth-order valence-corrected chi connectivity index (χ4v) is 3.75. The minimum absolute atomic E-state index is 0.324. The van der Waals surface area contributed by atoms with Crippen molar-refractivity contribution in [1.29, 1.82) is 0 Å². The molecule has 1 aromatic carbocycles. The van der Waals surface area contributed by atoms with Gasteiger partial charge >= 0.3 is 5.97 Å². The standard InChI is InChI=1S/C24H40O2/c1-2-3-4-5-6-8-12-17-22(23-19-14-11-15-20-23)18-13-9-7-10-16-21-24(25)26/h11,14-15,19-20,22H,2-10,12-13,16-18,21H2,1H3,(H,25,26). The smallest absolute Gasteiger partial charge is 0.303 e. The van der Waals surface area contributed by atoms with Crippen LogP contribution in [0.15, 0.2) is 30.3 Å². The summed E-state index contributed by atoms with van der Waals surface area (Å²) >= 11 is 0. The van der Waals surface area contributed by atoms with Crippen LogP contribution in [-0.4, -0.2) is 11.1 Å². The monoisotopic (exact) mass is 360 g/mol. The molecule has 0 saturated carbocycles. The molecule has 0 aliphatic rings. The third kappa shape index (κ3) is 12.1. The number of hydrogen-bond acceptors (Lipinski definition) is 1. The van der Waals surface area contributed by atoms with Gasteiger partial charge < -0.3 is 5.11 Å². The molecule has 0 aliphatic heterocycles. The van der Waals surface area contributed by atoms with Crippen molar-refractivity contribution < 1.29 is 9.90 Å². The number of hydrogen-bond donors (Lipinski definition) is 1. The topological polar surface area (TPSA) is 37.3 Å². The second-order valence-electron chi connectivity index (χ2n) is 7.72. The fraction of sp³-hybridized carbons (Fsp3) is 0.708. The van der Waals surface area contributed by atoms with E-state index in [-0.39, 0.29) is 0 Å². The highest BCUT2D eigenvalue weighted by Crippen LogP contribution is 2.28. The molecule has 0 saturated heterocycles. The molecule has 0 radical (unpaired) electrons. The Morgan fingerprint density at radius 3 is 1.81 bits per heavy atom. The average molecular weight is 361 g/mol. The van der Waals surface area contributed by atoms with Crippen molar-refractivity contribution in [3.8, 4) is 0 Å². The molecule has 1 unspecified atom stereocenters. The zero-order chi connectivity index (χ0) is 18.9. The molecular weight excluding hydrogens is 320 g/mol. The average Bonchev–Trinajstić information content (AvgIpc) is 2.65. The van der Waals surface area contributed by atoms with Crippen LogP contribution in [0.4, 0.5) is 0 Å². The number of carboxylic acid groups (broad SMARTS) is 1. The zero-order valence-corrected chi connectivity index (χ0v) is 16.9. The maximum atomic E-state index is 10.5. The minimum atomic E-state index is -0.663. The molecule has 0 aliphatic carbocycles. The highest BCUT2D eigenvalue weighted by atomic mass is 16.4. The van der Waals surface area contributed by atoms with E-state index in [1.54, 1.807) is 0 Å². The van der Waals surface area contributed by atoms with E-state index < -0.39 is 5.97 Å². The van der Waals surface area contributed by atoms with Crippen LogP contribution in [0.1, 0.15) is 115 Å². The molecule has 2 heteroatoms. The van der Waals surface area contributed by atoms with Gasteiger partial charge in [-0.25, -0.2) is 0 Å². The second-order valence-corrected chi connectivity index (χ2v) is 7.72. The molecular formula is C24H40O2. The van der Waals surface area contributed by atoms with Gasteiger partial charge in [0, 0.05) is 6.42 Å². The van der Waals surface area contributed by atoms with Gasteiger partial charge in [0.2, 0.25) is 0 Å². The highest BCUT2D eigenvalue weighted by molar-refractivity contribution is 5.66. The molecule has 1 N–H and O–H groups in total. The van der Waals surface area contributed by atoms with Gasteiger partial charge in [-0.1, -0.05) is 108 Å². The van der Waals surface area contributed by atoms with Crippen molar-refractivity contribution >= 4 is 5.97 Å². The molecule has 0 heterocycles. The van der Waals surface area contributed by atoms with Crippen LogP contribution in [0.5, 0.6) is 0 Å². The number of carboxylic acids is 1. The normalized spacial score (nSPS) is 12.2. The maximum absolute atomic E-state index is 10.5. The summed E-state index contributed by atoms with van der Waals surface area (Å²) in [5, 5.41) is 8.68. The quantitative estimate of drug-likeness (QED) is 0.289. The summed E-state index contributed by atoms with van der Waals surface area (Å²) in [6.07, 6.45) is 18.1. The van der Waals surface area contributed by atoms with Gasteiger partial charge in [0.1, 0.15) is 0 Å². The number of aliphatic carboxylic acids is 1. The summed E-state index contributed by atoms with van der Waals surface area (Å²) in [5.74, 6) is 0.0368. The predicted octanol–water partition coefficient (Wildman–Crippen LogP) is 7.73. The largest absolute Gasteiger partial charge is 0.481 e. The molecule has 0 aromatic heterocycles. The summed E-state index contributed by atoms with van der Waals surface area (Å²) < 4.78 is 0. The first-order chi connectivity index (χ1) is 12.7. The Morgan fingerprint density at radius 2 is 1.27 bits per heavy atom. The van der Waals surface area contributed by atoms with Crippen LogP contribution in [0.3, 0.4) is 0 Å². The van der Waals surface area contributed by atoms with Gasteiger partial charge in [-0.15, -0.1) is 0 Å². The molecule has 2 nitrogen and oxygen atoms in total. The van der Waals surface area contributed by atoms with E-state index in [1.807, 2.05) is 0 Å². The molecule has 26 heavy (non-hydrogen) atoms. The van der Waals surface area contributed by atoms with Crippen molar-refractivity contribution in [2.75, 3.05) is 0 Å². The van der Waals surface area contributed by atoms with Gasteiger partial charge in [-0.3, -0.25) is 4.79 Å². The van der Waals surface area contributed by atoms with Crippen LogP contribution < -0.4 is 0 Å². The van der Waals surface area contributed by atoms with Crippen LogP contribution in [0.2, 0.25) is 0 Å². The lowest BCUT2D eigenvalue weighted by Gasteiger charge is -2.17. The zero-order valence-electron chi connectivity index (χ0n) is 16.9. The molecule has 0 fully saturated rings. The predicted molar refractivity (Wildman–Crippen MR) is 112 cm³/mol. The van der Waals surface area contributed by atoms with Gasteiger partial charge in [0.25, 0.3) is 0 Å². The van der Waals surface area contributed by atoms with E-state index in [0.29, 0.717) is 12.3 Å². The van der Waals surface area contributed by atoms with Crippen molar-refractivity contribution in [2.24, 2.45) is 0 Å². The van der Waals surface area contributed by atoms with Gasteiger partial charge in [-0.2, -0.15) is 0 Å². The summed E-state index contributed by atoms with van der Waals surface area (Å²) in [5.41, 5.74) is 1.50. The Kier molecular flexibility index (Phi) is 13.9. The lowest BCUT2D eigenvalue weighted by atomic mass is 9.88. The van der Waals surface area contributed by atoms with Crippen LogP contribution in [-0.2, 0) is 4.79 Å².